The molecule has 2 aliphatic carbocycles. The van der Waals surface area contributed by atoms with E-state index in [2.05, 4.69) is 30.3 Å². The molecular formula is C17H24O2. The summed E-state index contributed by atoms with van der Waals surface area (Å²) in [5.41, 5.74) is 1.40. The first-order valence-electron chi connectivity index (χ1n) is 7.67. The predicted molar refractivity (Wildman–Crippen MR) is 75.9 cm³/mol. The van der Waals surface area contributed by atoms with Crippen LogP contribution in [0.4, 0.5) is 0 Å². The van der Waals surface area contributed by atoms with Gasteiger partial charge in [0, 0.05) is 0 Å². The molecule has 0 heterocycles. The lowest BCUT2D eigenvalue weighted by Gasteiger charge is -2.38. The minimum absolute atomic E-state index is 0.186. The third-order valence-corrected chi connectivity index (χ3v) is 5.21. The monoisotopic (exact) mass is 260 g/mol. The molecule has 19 heavy (non-hydrogen) atoms. The molecule has 104 valence electrons. The number of rotatable bonds is 2. The van der Waals surface area contributed by atoms with E-state index >= 15 is 0 Å². The molecule has 0 saturated heterocycles. The standard InChI is InChI=1S/C17H24O2/c18-16-8-4-7-14(16)15-11-13(9-10-17(15)19)12-5-2-1-3-6-12/h1-3,5-6,13-19H,4,7-11H2. The van der Waals surface area contributed by atoms with Crippen LogP contribution in [0.15, 0.2) is 30.3 Å². The van der Waals surface area contributed by atoms with Crippen molar-refractivity contribution in [3.63, 3.8) is 0 Å². The van der Waals surface area contributed by atoms with Crippen molar-refractivity contribution in [2.75, 3.05) is 0 Å². The van der Waals surface area contributed by atoms with Crippen molar-refractivity contribution >= 4 is 0 Å². The maximum absolute atomic E-state index is 10.3. The maximum atomic E-state index is 10.3. The van der Waals surface area contributed by atoms with Crippen molar-refractivity contribution < 1.29 is 10.2 Å². The fourth-order valence-electron chi connectivity index (χ4n) is 4.15. The van der Waals surface area contributed by atoms with E-state index < -0.39 is 0 Å². The molecule has 0 spiro atoms. The Hall–Kier alpha value is -0.860. The van der Waals surface area contributed by atoms with E-state index in [-0.39, 0.29) is 18.1 Å². The lowest BCUT2D eigenvalue weighted by atomic mass is 9.70. The number of hydrogen-bond donors (Lipinski definition) is 2. The van der Waals surface area contributed by atoms with E-state index in [9.17, 15) is 10.2 Å². The van der Waals surface area contributed by atoms with E-state index in [1.54, 1.807) is 0 Å². The topological polar surface area (TPSA) is 40.5 Å². The molecule has 1 aromatic rings. The van der Waals surface area contributed by atoms with Gasteiger partial charge in [-0.3, -0.25) is 0 Å². The second kappa shape index (κ2) is 5.64. The van der Waals surface area contributed by atoms with Crippen LogP contribution in [0.3, 0.4) is 0 Å². The number of aliphatic hydroxyl groups excluding tert-OH is 2. The van der Waals surface area contributed by atoms with E-state index in [0.29, 0.717) is 11.8 Å². The second-order valence-electron chi connectivity index (χ2n) is 6.31. The van der Waals surface area contributed by atoms with Gasteiger partial charge >= 0.3 is 0 Å². The third kappa shape index (κ3) is 2.70. The first-order valence-corrected chi connectivity index (χ1v) is 7.67. The van der Waals surface area contributed by atoms with Crippen LogP contribution >= 0.6 is 0 Å². The van der Waals surface area contributed by atoms with Gasteiger partial charge in [0.15, 0.2) is 0 Å². The van der Waals surface area contributed by atoms with Crippen molar-refractivity contribution in [3.05, 3.63) is 35.9 Å². The van der Waals surface area contributed by atoms with Crippen LogP contribution in [0, 0.1) is 11.8 Å². The first kappa shape index (κ1) is 13.1. The zero-order valence-corrected chi connectivity index (χ0v) is 11.4. The van der Waals surface area contributed by atoms with Gasteiger partial charge in [0.05, 0.1) is 12.2 Å². The number of aliphatic hydroxyl groups is 2. The summed E-state index contributed by atoms with van der Waals surface area (Å²) in [6, 6.07) is 10.6. The average molecular weight is 260 g/mol. The first-order chi connectivity index (χ1) is 9.25. The normalized spacial score (nSPS) is 39.4. The summed E-state index contributed by atoms with van der Waals surface area (Å²) >= 11 is 0. The van der Waals surface area contributed by atoms with E-state index in [1.807, 2.05) is 0 Å². The SMILES string of the molecule is OC1CCCC1C1CC(c2ccccc2)CCC1O. The minimum atomic E-state index is -0.210. The lowest BCUT2D eigenvalue weighted by molar-refractivity contribution is -0.00711. The van der Waals surface area contributed by atoms with Crippen molar-refractivity contribution in [1.29, 1.82) is 0 Å². The van der Waals surface area contributed by atoms with Crippen LogP contribution in [0.5, 0.6) is 0 Å². The van der Waals surface area contributed by atoms with Crippen LogP contribution in [0.25, 0.3) is 0 Å². The van der Waals surface area contributed by atoms with Gasteiger partial charge < -0.3 is 10.2 Å². The molecule has 2 aliphatic rings. The molecule has 0 aliphatic heterocycles. The van der Waals surface area contributed by atoms with Crippen molar-refractivity contribution in [2.45, 2.75) is 56.7 Å². The van der Waals surface area contributed by atoms with Crippen LogP contribution in [0.1, 0.15) is 50.0 Å². The van der Waals surface area contributed by atoms with E-state index in [1.165, 1.54) is 5.56 Å². The number of hydrogen-bond acceptors (Lipinski definition) is 2. The molecule has 1 aromatic carbocycles. The Morgan fingerprint density at radius 2 is 1.53 bits per heavy atom. The van der Waals surface area contributed by atoms with Gasteiger partial charge in [0.2, 0.25) is 0 Å². The molecule has 0 radical (unpaired) electrons. The Bertz CT molecular complexity index is 403. The molecule has 3 rings (SSSR count). The van der Waals surface area contributed by atoms with E-state index in [4.69, 9.17) is 0 Å². The van der Waals surface area contributed by atoms with Gasteiger partial charge in [-0.05, 0) is 55.4 Å². The molecule has 2 fully saturated rings. The van der Waals surface area contributed by atoms with Crippen LogP contribution in [0.2, 0.25) is 0 Å². The Morgan fingerprint density at radius 3 is 2.21 bits per heavy atom. The van der Waals surface area contributed by atoms with Gasteiger partial charge in [0.25, 0.3) is 0 Å². The highest BCUT2D eigenvalue weighted by Gasteiger charge is 2.40. The zero-order valence-electron chi connectivity index (χ0n) is 11.4. The molecule has 5 unspecified atom stereocenters. The van der Waals surface area contributed by atoms with Gasteiger partial charge in [-0.15, -0.1) is 0 Å². The molecule has 0 bridgehead atoms. The molecule has 2 N–H and O–H groups in total. The maximum Gasteiger partial charge on any atom is 0.0572 e. The summed E-state index contributed by atoms with van der Waals surface area (Å²) in [7, 11) is 0. The van der Waals surface area contributed by atoms with E-state index in [0.717, 1.165) is 38.5 Å². The van der Waals surface area contributed by atoms with Crippen molar-refractivity contribution in [3.8, 4) is 0 Å². The third-order valence-electron chi connectivity index (χ3n) is 5.21. The smallest absolute Gasteiger partial charge is 0.0572 e. The van der Waals surface area contributed by atoms with Gasteiger partial charge in [-0.1, -0.05) is 36.8 Å². The summed E-state index contributed by atoms with van der Waals surface area (Å²) in [6.07, 6.45) is 5.72. The van der Waals surface area contributed by atoms with Gasteiger partial charge in [0.1, 0.15) is 0 Å². The molecule has 0 aromatic heterocycles. The molecule has 2 heteroatoms. The molecule has 5 atom stereocenters. The highest BCUT2D eigenvalue weighted by atomic mass is 16.3. The summed E-state index contributed by atoms with van der Waals surface area (Å²) in [6.45, 7) is 0. The summed E-state index contributed by atoms with van der Waals surface area (Å²) in [4.78, 5) is 0. The fourth-order valence-corrected chi connectivity index (χ4v) is 4.15. The summed E-state index contributed by atoms with van der Waals surface area (Å²) in [5.74, 6) is 1.17. The second-order valence-corrected chi connectivity index (χ2v) is 6.31. The average Bonchev–Trinajstić information content (AvgIpc) is 2.86. The van der Waals surface area contributed by atoms with Crippen molar-refractivity contribution in [2.24, 2.45) is 11.8 Å². The zero-order chi connectivity index (χ0) is 13.2. The Morgan fingerprint density at radius 1 is 0.789 bits per heavy atom. The minimum Gasteiger partial charge on any atom is -0.393 e. The molecule has 2 nitrogen and oxygen atoms in total. The predicted octanol–water partition coefficient (Wildman–Crippen LogP) is 3.09. The quantitative estimate of drug-likeness (QED) is 0.858. The number of benzene rings is 1. The Labute approximate surface area is 115 Å². The van der Waals surface area contributed by atoms with Crippen LogP contribution < -0.4 is 0 Å². The van der Waals surface area contributed by atoms with Gasteiger partial charge in [-0.25, -0.2) is 0 Å². The molecular weight excluding hydrogens is 236 g/mol. The van der Waals surface area contributed by atoms with Crippen LogP contribution in [-0.4, -0.2) is 22.4 Å². The summed E-state index contributed by atoms with van der Waals surface area (Å²) in [5, 5.41) is 20.4. The summed E-state index contributed by atoms with van der Waals surface area (Å²) < 4.78 is 0. The Kier molecular flexibility index (Phi) is 3.90. The molecule has 2 saturated carbocycles. The molecule has 0 amide bonds. The van der Waals surface area contributed by atoms with Gasteiger partial charge in [-0.2, -0.15) is 0 Å². The van der Waals surface area contributed by atoms with Crippen molar-refractivity contribution in [1.82, 2.24) is 0 Å². The van der Waals surface area contributed by atoms with Crippen LogP contribution in [-0.2, 0) is 0 Å². The highest BCUT2D eigenvalue weighted by Crippen LogP contribution is 2.44. The highest BCUT2D eigenvalue weighted by molar-refractivity contribution is 5.20. The fraction of sp³-hybridized carbons (Fsp3) is 0.647. The lowest BCUT2D eigenvalue weighted by Crippen LogP contribution is -2.36. The largest absolute Gasteiger partial charge is 0.393 e. The Balaban J connectivity index is 1.74.